The van der Waals surface area contributed by atoms with E-state index in [0.717, 1.165) is 22.7 Å². The first-order valence-corrected chi connectivity index (χ1v) is 8.85. The van der Waals surface area contributed by atoms with Crippen LogP contribution in [-0.4, -0.2) is 30.1 Å². The minimum Gasteiger partial charge on any atom is -0.472 e. The standard InChI is InChI=1S/C21H23N3O4/c1-16-7-6-9-18(12-11-16)23-14-13-20(22-23)28-15-17-8-4-5-10-19(17)24(27-3)21(25)26-2/h4-10,12-14H,11,15H2,1-3H3. The molecule has 0 atom stereocenters. The number of hydrogen-bond acceptors (Lipinski definition) is 5. The average Bonchev–Trinajstić information content (AvgIpc) is 3.08. The largest absolute Gasteiger partial charge is 0.472 e. The number of carbonyl (C=O) groups excluding carboxylic acids is 1. The lowest BCUT2D eigenvalue weighted by Gasteiger charge is -2.20. The Kier molecular flexibility index (Phi) is 6.29. The molecule has 0 fully saturated rings. The van der Waals surface area contributed by atoms with Crippen LogP contribution in [-0.2, 0) is 16.2 Å². The number of hydroxylamine groups is 1. The van der Waals surface area contributed by atoms with Crippen LogP contribution in [0.4, 0.5) is 10.5 Å². The molecule has 3 rings (SSSR count). The predicted molar refractivity (Wildman–Crippen MR) is 107 cm³/mol. The van der Waals surface area contributed by atoms with Gasteiger partial charge in [-0.15, -0.1) is 5.10 Å². The topological polar surface area (TPSA) is 65.8 Å². The first kappa shape index (κ1) is 19.4. The number of methoxy groups -OCH3 is 1. The number of carbonyl (C=O) groups is 1. The van der Waals surface area contributed by atoms with Crippen LogP contribution in [0.5, 0.6) is 5.88 Å². The predicted octanol–water partition coefficient (Wildman–Crippen LogP) is 4.34. The molecule has 7 nitrogen and oxygen atoms in total. The Morgan fingerprint density at radius 3 is 2.86 bits per heavy atom. The maximum absolute atomic E-state index is 11.9. The number of benzene rings is 1. The van der Waals surface area contributed by atoms with Gasteiger partial charge in [0.15, 0.2) is 0 Å². The van der Waals surface area contributed by atoms with Crippen LogP contribution in [0.15, 0.2) is 66.4 Å². The first-order chi connectivity index (χ1) is 13.6. The molecule has 0 saturated carbocycles. The van der Waals surface area contributed by atoms with E-state index in [0.29, 0.717) is 11.6 Å². The van der Waals surface area contributed by atoms with Gasteiger partial charge in [-0.05, 0) is 25.5 Å². The van der Waals surface area contributed by atoms with Gasteiger partial charge in [-0.3, -0.25) is 4.84 Å². The number of aromatic nitrogens is 2. The van der Waals surface area contributed by atoms with Crippen LogP contribution in [0.2, 0.25) is 0 Å². The fourth-order valence-electron chi connectivity index (χ4n) is 2.75. The molecule has 0 bridgehead atoms. The second kappa shape index (κ2) is 9.05. The molecule has 1 amide bonds. The number of amides is 1. The van der Waals surface area contributed by atoms with E-state index < -0.39 is 6.09 Å². The molecule has 0 saturated heterocycles. The normalized spacial score (nSPS) is 13.4. The molecule has 28 heavy (non-hydrogen) atoms. The second-order valence-corrected chi connectivity index (χ2v) is 6.17. The van der Waals surface area contributed by atoms with Gasteiger partial charge in [0.25, 0.3) is 0 Å². The highest BCUT2D eigenvalue weighted by molar-refractivity contribution is 5.86. The maximum atomic E-state index is 11.9. The third-order valence-electron chi connectivity index (χ3n) is 4.22. The lowest BCUT2D eigenvalue weighted by Crippen LogP contribution is -2.30. The van der Waals surface area contributed by atoms with Gasteiger partial charge in [0.05, 0.1) is 25.6 Å². The highest BCUT2D eigenvalue weighted by atomic mass is 16.7. The molecule has 0 spiro atoms. The summed E-state index contributed by atoms with van der Waals surface area (Å²) in [5.41, 5.74) is 3.59. The van der Waals surface area contributed by atoms with Crippen LogP contribution in [0.1, 0.15) is 18.9 Å². The Labute approximate surface area is 164 Å². The summed E-state index contributed by atoms with van der Waals surface area (Å²) in [6, 6.07) is 9.09. The summed E-state index contributed by atoms with van der Waals surface area (Å²) in [5.74, 6) is 0.486. The molecule has 0 radical (unpaired) electrons. The van der Waals surface area contributed by atoms with Crippen molar-refractivity contribution in [3.8, 4) is 5.88 Å². The van der Waals surface area contributed by atoms with Crippen molar-refractivity contribution >= 4 is 17.5 Å². The van der Waals surface area contributed by atoms with E-state index in [9.17, 15) is 4.79 Å². The Morgan fingerprint density at radius 1 is 1.25 bits per heavy atom. The fourth-order valence-corrected chi connectivity index (χ4v) is 2.75. The van der Waals surface area contributed by atoms with Gasteiger partial charge >= 0.3 is 6.09 Å². The minimum atomic E-state index is -0.616. The molecule has 1 aromatic heterocycles. The van der Waals surface area contributed by atoms with E-state index in [2.05, 4.69) is 24.2 Å². The number of anilines is 1. The Morgan fingerprint density at radius 2 is 2.07 bits per heavy atom. The van der Waals surface area contributed by atoms with Crippen molar-refractivity contribution < 1.29 is 19.1 Å². The Hall–Kier alpha value is -3.32. The minimum absolute atomic E-state index is 0.222. The zero-order valence-corrected chi connectivity index (χ0v) is 16.2. The van der Waals surface area contributed by atoms with Crippen molar-refractivity contribution in [1.82, 2.24) is 9.78 Å². The smallest absolute Gasteiger partial charge is 0.438 e. The quantitative estimate of drug-likeness (QED) is 0.696. The van der Waals surface area contributed by atoms with Gasteiger partial charge in [-0.1, -0.05) is 42.0 Å². The van der Waals surface area contributed by atoms with E-state index >= 15 is 0 Å². The molecule has 0 aliphatic heterocycles. The summed E-state index contributed by atoms with van der Waals surface area (Å²) in [6.45, 7) is 2.32. The number of para-hydroxylation sites is 1. The summed E-state index contributed by atoms with van der Waals surface area (Å²) < 4.78 is 12.4. The molecule has 1 heterocycles. The number of nitrogens with zero attached hydrogens (tertiary/aromatic N) is 3. The average molecular weight is 381 g/mol. The van der Waals surface area contributed by atoms with Gasteiger partial charge < -0.3 is 9.47 Å². The van der Waals surface area contributed by atoms with Gasteiger partial charge in [-0.25, -0.2) is 9.48 Å². The van der Waals surface area contributed by atoms with Crippen molar-refractivity contribution in [3.05, 3.63) is 72.0 Å². The van der Waals surface area contributed by atoms with Crippen molar-refractivity contribution in [2.75, 3.05) is 19.3 Å². The van der Waals surface area contributed by atoms with Crippen molar-refractivity contribution in [2.24, 2.45) is 0 Å². The first-order valence-electron chi connectivity index (χ1n) is 8.85. The lowest BCUT2D eigenvalue weighted by atomic mass is 10.2. The van der Waals surface area contributed by atoms with Gasteiger partial charge in [0.2, 0.25) is 5.88 Å². The lowest BCUT2D eigenvalue weighted by molar-refractivity contribution is 0.115. The molecule has 1 aliphatic carbocycles. The van der Waals surface area contributed by atoms with Crippen LogP contribution in [0.25, 0.3) is 5.70 Å². The summed E-state index contributed by atoms with van der Waals surface area (Å²) in [7, 11) is 2.70. The fraction of sp³-hybridized carbons (Fsp3) is 0.238. The Balaban J connectivity index is 1.72. The SMILES string of the molecule is COC(=O)N(OC)c1ccccc1COc1ccn(C2=CCC(C)=CC=C2)n1. The monoisotopic (exact) mass is 381 g/mol. The molecule has 2 aromatic rings. The molecule has 1 aliphatic rings. The van der Waals surface area contributed by atoms with Crippen molar-refractivity contribution in [3.63, 3.8) is 0 Å². The van der Waals surface area contributed by atoms with Gasteiger partial charge in [-0.2, -0.15) is 5.06 Å². The number of rotatable bonds is 6. The summed E-state index contributed by atoms with van der Waals surface area (Å²) >= 11 is 0. The molecule has 0 N–H and O–H groups in total. The summed E-state index contributed by atoms with van der Waals surface area (Å²) in [5, 5.41) is 5.55. The second-order valence-electron chi connectivity index (χ2n) is 6.17. The zero-order chi connectivity index (χ0) is 19.9. The van der Waals surface area contributed by atoms with E-state index in [1.54, 1.807) is 16.8 Å². The van der Waals surface area contributed by atoms with Crippen LogP contribution in [0, 0.1) is 0 Å². The van der Waals surface area contributed by atoms with E-state index in [4.69, 9.17) is 14.3 Å². The third kappa shape index (κ3) is 4.50. The Bertz CT molecular complexity index is 927. The van der Waals surface area contributed by atoms with E-state index in [1.165, 1.54) is 19.8 Å². The highest BCUT2D eigenvalue weighted by Gasteiger charge is 2.19. The van der Waals surface area contributed by atoms with Crippen molar-refractivity contribution in [1.29, 1.82) is 0 Å². The summed E-state index contributed by atoms with van der Waals surface area (Å²) in [4.78, 5) is 17.1. The van der Waals surface area contributed by atoms with E-state index in [1.807, 2.05) is 36.5 Å². The number of allylic oxidation sites excluding steroid dienone is 6. The van der Waals surface area contributed by atoms with Gasteiger partial charge in [0.1, 0.15) is 6.61 Å². The van der Waals surface area contributed by atoms with Crippen LogP contribution >= 0.6 is 0 Å². The zero-order valence-electron chi connectivity index (χ0n) is 16.2. The third-order valence-corrected chi connectivity index (χ3v) is 4.22. The summed E-state index contributed by atoms with van der Waals surface area (Å²) in [6.07, 6.45) is 10.3. The molecule has 1 aromatic carbocycles. The number of hydrogen-bond donors (Lipinski definition) is 0. The van der Waals surface area contributed by atoms with Crippen LogP contribution in [0.3, 0.4) is 0 Å². The molecule has 146 valence electrons. The number of ether oxygens (including phenoxy) is 2. The highest BCUT2D eigenvalue weighted by Crippen LogP contribution is 2.23. The van der Waals surface area contributed by atoms with E-state index in [-0.39, 0.29) is 6.61 Å². The van der Waals surface area contributed by atoms with Gasteiger partial charge in [0, 0.05) is 17.8 Å². The van der Waals surface area contributed by atoms with Crippen molar-refractivity contribution in [2.45, 2.75) is 20.0 Å². The molecule has 0 unspecified atom stereocenters. The molecule has 7 heteroatoms. The molecular weight excluding hydrogens is 358 g/mol. The van der Waals surface area contributed by atoms with Crippen LogP contribution < -0.4 is 9.80 Å². The molecular formula is C21H23N3O4. The maximum Gasteiger partial charge on any atom is 0.438 e.